The molecule has 0 radical (unpaired) electrons. The third-order valence-electron chi connectivity index (χ3n) is 2.30. The van der Waals surface area contributed by atoms with Crippen molar-refractivity contribution in [3.63, 3.8) is 0 Å². The number of carbonyl (C=O) groups excluding carboxylic acids is 2. The van der Waals surface area contributed by atoms with Gasteiger partial charge in [0.05, 0.1) is 6.04 Å². The second-order valence-corrected chi connectivity index (χ2v) is 3.60. The van der Waals surface area contributed by atoms with Gasteiger partial charge in [0.2, 0.25) is 0 Å². The van der Waals surface area contributed by atoms with Gasteiger partial charge in [-0.2, -0.15) is 5.10 Å². The van der Waals surface area contributed by atoms with Crippen LogP contribution in [0.3, 0.4) is 0 Å². The van der Waals surface area contributed by atoms with Crippen molar-refractivity contribution in [2.75, 3.05) is 0 Å². The lowest BCUT2D eigenvalue weighted by Crippen LogP contribution is -2.37. The molecule has 1 N–H and O–H groups in total. The van der Waals surface area contributed by atoms with Crippen LogP contribution < -0.4 is 5.32 Å². The largest absolute Gasteiger partial charge is 0.341 e. The molecular weight excluding hydrogens is 194 g/mol. The van der Waals surface area contributed by atoms with Gasteiger partial charge < -0.3 is 5.32 Å². The highest BCUT2D eigenvalue weighted by Crippen LogP contribution is 2.01. The van der Waals surface area contributed by atoms with Gasteiger partial charge in [0, 0.05) is 12.7 Å². The molecule has 5 nitrogen and oxygen atoms in total. The number of hydrogen-bond acceptors (Lipinski definition) is 3. The topological polar surface area (TPSA) is 64.0 Å². The molecule has 15 heavy (non-hydrogen) atoms. The molecule has 0 aliphatic rings. The molecule has 1 aromatic rings. The zero-order valence-corrected chi connectivity index (χ0v) is 9.37. The van der Waals surface area contributed by atoms with E-state index in [-0.39, 0.29) is 11.7 Å². The van der Waals surface area contributed by atoms with Crippen LogP contribution in [0.1, 0.15) is 30.0 Å². The third kappa shape index (κ3) is 2.65. The Bertz CT molecular complexity index is 376. The van der Waals surface area contributed by atoms with Crippen molar-refractivity contribution in [1.29, 1.82) is 0 Å². The molecule has 0 fully saturated rings. The van der Waals surface area contributed by atoms with Crippen LogP contribution in [-0.2, 0) is 11.8 Å². The average Bonchev–Trinajstić information content (AvgIpc) is 2.46. The quantitative estimate of drug-likeness (QED) is 0.785. The summed E-state index contributed by atoms with van der Waals surface area (Å²) in [6.07, 6.45) is 0. The Labute approximate surface area is 88.5 Å². The van der Waals surface area contributed by atoms with Gasteiger partial charge in [-0.3, -0.25) is 14.3 Å². The Morgan fingerprint density at radius 2 is 2.13 bits per heavy atom. The number of carbonyl (C=O) groups is 2. The van der Waals surface area contributed by atoms with Crippen molar-refractivity contribution in [2.45, 2.75) is 26.8 Å². The molecule has 1 heterocycles. The summed E-state index contributed by atoms with van der Waals surface area (Å²) in [5, 5.41) is 6.59. The lowest BCUT2D eigenvalue weighted by Gasteiger charge is -2.08. The predicted octanol–water partition coefficient (Wildman–Crippen LogP) is 0.436. The number of aromatic nitrogens is 2. The highest BCUT2D eigenvalue weighted by Gasteiger charge is 2.15. The van der Waals surface area contributed by atoms with Crippen LogP contribution in [0, 0.1) is 6.92 Å². The van der Waals surface area contributed by atoms with Crippen LogP contribution in [0.4, 0.5) is 0 Å². The third-order valence-corrected chi connectivity index (χ3v) is 2.30. The van der Waals surface area contributed by atoms with Crippen molar-refractivity contribution in [3.8, 4) is 0 Å². The number of Topliss-reactive ketones (excluding diaryl/α,β-unsaturated/α-hetero) is 1. The Morgan fingerprint density at radius 3 is 2.53 bits per heavy atom. The molecule has 0 saturated heterocycles. The first-order valence-electron chi connectivity index (χ1n) is 4.73. The van der Waals surface area contributed by atoms with Gasteiger partial charge in [-0.05, 0) is 26.8 Å². The molecule has 0 aliphatic heterocycles. The summed E-state index contributed by atoms with van der Waals surface area (Å²) in [5.74, 6) is -0.391. The van der Waals surface area contributed by atoms with Crippen LogP contribution in [0.5, 0.6) is 0 Å². The first kappa shape index (κ1) is 11.4. The van der Waals surface area contributed by atoms with E-state index in [1.165, 1.54) is 6.92 Å². The van der Waals surface area contributed by atoms with Crippen molar-refractivity contribution in [2.24, 2.45) is 7.05 Å². The van der Waals surface area contributed by atoms with Crippen molar-refractivity contribution < 1.29 is 9.59 Å². The van der Waals surface area contributed by atoms with Crippen LogP contribution in [0.2, 0.25) is 0 Å². The number of amides is 1. The van der Waals surface area contributed by atoms with Gasteiger partial charge >= 0.3 is 0 Å². The lowest BCUT2D eigenvalue weighted by atomic mass is 10.2. The molecule has 82 valence electrons. The van der Waals surface area contributed by atoms with E-state index in [0.717, 1.165) is 5.69 Å². The Morgan fingerprint density at radius 1 is 1.53 bits per heavy atom. The molecule has 1 atom stereocenters. The number of rotatable bonds is 3. The van der Waals surface area contributed by atoms with E-state index < -0.39 is 6.04 Å². The summed E-state index contributed by atoms with van der Waals surface area (Å²) in [4.78, 5) is 22.5. The summed E-state index contributed by atoms with van der Waals surface area (Å²) in [7, 11) is 1.76. The standard InChI is InChI=1S/C10H15N3O2/c1-6-5-9(12-13(6)4)10(15)11-7(2)8(3)14/h5,7H,1-4H3,(H,11,15). The second-order valence-electron chi connectivity index (χ2n) is 3.60. The highest BCUT2D eigenvalue weighted by molar-refractivity contribution is 5.95. The Balaban J connectivity index is 2.73. The molecule has 0 bridgehead atoms. The molecular formula is C10H15N3O2. The Kier molecular flexibility index (Phi) is 3.24. The first-order chi connectivity index (χ1) is 6.91. The summed E-state index contributed by atoms with van der Waals surface area (Å²) < 4.78 is 1.62. The minimum Gasteiger partial charge on any atom is -0.341 e. The molecule has 0 saturated carbocycles. The van der Waals surface area contributed by atoms with Crippen molar-refractivity contribution >= 4 is 11.7 Å². The fourth-order valence-corrected chi connectivity index (χ4v) is 1.04. The maximum Gasteiger partial charge on any atom is 0.272 e. The molecule has 1 unspecified atom stereocenters. The SMILES string of the molecule is CC(=O)C(C)NC(=O)c1cc(C)n(C)n1. The number of aryl methyl sites for hydroxylation is 2. The van der Waals surface area contributed by atoms with E-state index in [1.54, 1.807) is 24.7 Å². The van der Waals surface area contributed by atoms with E-state index >= 15 is 0 Å². The van der Waals surface area contributed by atoms with Crippen LogP contribution in [0.25, 0.3) is 0 Å². The van der Waals surface area contributed by atoms with E-state index in [1.807, 2.05) is 6.92 Å². The van der Waals surface area contributed by atoms with E-state index in [2.05, 4.69) is 10.4 Å². The summed E-state index contributed by atoms with van der Waals surface area (Å²) in [6.45, 7) is 4.95. The maximum absolute atomic E-state index is 11.6. The van der Waals surface area contributed by atoms with E-state index in [0.29, 0.717) is 5.69 Å². The molecule has 0 aromatic carbocycles. The van der Waals surface area contributed by atoms with Crippen LogP contribution in [-0.4, -0.2) is 27.5 Å². The number of ketones is 1. The minimum atomic E-state index is -0.472. The molecule has 0 spiro atoms. The van der Waals surface area contributed by atoms with Gasteiger partial charge in [-0.15, -0.1) is 0 Å². The normalized spacial score (nSPS) is 12.3. The zero-order chi connectivity index (χ0) is 11.6. The number of nitrogens with zero attached hydrogens (tertiary/aromatic N) is 2. The lowest BCUT2D eigenvalue weighted by molar-refractivity contribution is -0.118. The van der Waals surface area contributed by atoms with Crippen molar-refractivity contribution in [3.05, 3.63) is 17.5 Å². The average molecular weight is 209 g/mol. The predicted molar refractivity (Wildman–Crippen MR) is 55.6 cm³/mol. The summed E-state index contributed by atoms with van der Waals surface area (Å²) in [6, 6.07) is 1.21. The number of nitrogens with one attached hydrogen (secondary N) is 1. The zero-order valence-electron chi connectivity index (χ0n) is 9.37. The monoisotopic (exact) mass is 209 g/mol. The van der Waals surface area contributed by atoms with Gasteiger partial charge in [0.15, 0.2) is 5.78 Å². The van der Waals surface area contributed by atoms with Gasteiger partial charge in [0.1, 0.15) is 5.69 Å². The van der Waals surface area contributed by atoms with Gasteiger partial charge in [-0.1, -0.05) is 0 Å². The van der Waals surface area contributed by atoms with E-state index in [4.69, 9.17) is 0 Å². The molecule has 5 heteroatoms. The molecule has 1 rings (SSSR count). The smallest absolute Gasteiger partial charge is 0.272 e. The van der Waals surface area contributed by atoms with E-state index in [9.17, 15) is 9.59 Å². The summed E-state index contributed by atoms with van der Waals surface area (Å²) in [5.41, 5.74) is 1.23. The maximum atomic E-state index is 11.6. The molecule has 1 aromatic heterocycles. The van der Waals surface area contributed by atoms with Crippen molar-refractivity contribution in [1.82, 2.24) is 15.1 Å². The first-order valence-corrected chi connectivity index (χ1v) is 4.73. The van der Waals surface area contributed by atoms with Crippen LogP contribution >= 0.6 is 0 Å². The van der Waals surface area contributed by atoms with Gasteiger partial charge in [0.25, 0.3) is 5.91 Å². The second kappa shape index (κ2) is 4.25. The molecule has 1 amide bonds. The fraction of sp³-hybridized carbons (Fsp3) is 0.500. The fourth-order valence-electron chi connectivity index (χ4n) is 1.04. The number of hydrogen-bond donors (Lipinski definition) is 1. The van der Waals surface area contributed by atoms with Crippen LogP contribution in [0.15, 0.2) is 6.07 Å². The molecule has 0 aliphatic carbocycles. The minimum absolute atomic E-state index is 0.0731. The Hall–Kier alpha value is -1.65. The highest BCUT2D eigenvalue weighted by atomic mass is 16.2. The van der Waals surface area contributed by atoms with Gasteiger partial charge in [-0.25, -0.2) is 0 Å². The summed E-state index contributed by atoms with van der Waals surface area (Å²) >= 11 is 0.